The molecule has 1 aromatic rings. The summed E-state index contributed by atoms with van der Waals surface area (Å²) in [7, 11) is 2.25. The molecule has 0 spiro atoms. The molecule has 4 aliphatic rings. The van der Waals surface area contributed by atoms with Crippen LogP contribution in [-0.2, 0) is 6.42 Å². The Hall–Kier alpha value is -0.320. The molecule has 3 aliphatic carbocycles. The molecule has 5 atom stereocenters. The molecule has 4 unspecified atom stereocenters. The predicted molar refractivity (Wildman–Crippen MR) is 115 cm³/mol. The molecule has 1 aromatic carbocycles. The molecule has 1 heterocycles. The summed E-state index contributed by atoms with van der Waals surface area (Å²) in [5.41, 5.74) is 0.821. The van der Waals surface area contributed by atoms with Crippen molar-refractivity contribution in [3.05, 3.63) is 33.8 Å². The summed E-state index contributed by atoms with van der Waals surface area (Å²) in [6.07, 6.45) is 8.27. The van der Waals surface area contributed by atoms with Crippen LogP contribution in [0.2, 0.25) is 10.0 Å². The molecule has 0 aromatic heterocycles. The molecule has 5 heteroatoms. The number of fused-ring (bicyclic) bond motifs is 3. The zero-order valence-corrected chi connectivity index (χ0v) is 18.3. The molecule has 154 valence electrons. The van der Waals surface area contributed by atoms with Gasteiger partial charge in [-0.1, -0.05) is 29.3 Å². The summed E-state index contributed by atoms with van der Waals surface area (Å²) >= 11 is 12.2. The summed E-state index contributed by atoms with van der Waals surface area (Å²) in [5.74, 6) is 2.15. The third-order valence-corrected chi connectivity index (χ3v) is 8.84. The fourth-order valence-electron chi connectivity index (χ4n) is 6.31. The molecule has 0 amide bonds. The molecule has 4 fully saturated rings. The lowest BCUT2D eigenvalue weighted by molar-refractivity contribution is -0.128. The Bertz CT molecular complexity index is 739. The lowest BCUT2D eigenvalue weighted by Crippen LogP contribution is -2.65. The predicted octanol–water partition coefficient (Wildman–Crippen LogP) is 4.48. The van der Waals surface area contributed by atoms with Crippen LogP contribution in [0.4, 0.5) is 0 Å². The van der Waals surface area contributed by atoms with Crippen LogP contribution in [0.15, 0.2) is 18.2 Å². The number of nitrogens with zero attached hydrogens (tertiary/aromatic N) is 2. The minimum absolute atomic E-state index is 0.418. The minimum atomic E-state index is -0.418. The summed E-state index contributed by atoms with van der Waals surface area (Å²) in [6, 6.07) is 7.00. The number of likely N-dealkylation sites (tertiary alicyclic amines) is 1. The molecule has 0 bridgehead atoms. The molecule has 1 aliphatic heterocycles. The second kappa shape index (κ2) is 7.42. The van der Waals surface area contributed by atoms with Crippen molar-refractivity contribution < 1.29 is 5.11 Å². The normalized spacial score (nSPS) is 37.6. The molecule has 0 radical (unpaired) electrons. The number of benzene rings is 1. The average molecular weight is 423 g/mol. The fourth-order valence-corrected chi connectivity index (χ4v) is 6.63. The molecule has 3 nitrogen and oxygen atoms in total. The number of halogens is 2. The van der Waals surface area contributed by atoms with Crippen LogP contribution < -0.4 is 0 Å². The quantitative estimate of drug-likeness (QED) is 0.731. The van der Waals surface area contributed by atoms with Crippen LogP contribution in [0.25, 0.3) is 0 Å². The Balaban J connectivity index is 1.17. The summed E-state index contributed by atoms with van der Waals surface area (Å²) in [4.78, 5) is 5.13. The standard InChI is InChI=1S/C23H32Cl2N2O/c1-26(9-7-15-4-5-20(24)21(25)10-15)19-6-8-23(28)18(12-19)11-17-14-27(22(17)23)13-16-2-3-16/h4-5,10,16-19,22,28H,2-3,6-9,11-14H2,1H3/t17?,18?,19?,22-,23?/m1/s1. The van der Waals surface area contributed by atoms with Crippen molar-refractivity contribution in [2.24, 2.45) is 17.8 Å². The van der Waals surface area contributed by atoms with Gasteiger partial charge in [0.2, 0.25) is 0 Å². The first-order valence-corrected chi connectivity index (χ1v) is 11.8. The highest BCUT2D eigenvalue weighted by molar-refractivity contribution is 6.42. The first kappa shape index (κ1) is 19.6. The van der Waals surface area contributed by atoms with Gasteiger partial charge in [0, 0.05) is 31.7 Å². The van der Waals surface area contributed by atoms with Crippen molar-refractivity contribution in [2.75, 3.05) is 26.7 Å². The maximum atomic E-state index is 11.6. The number of hydrogen-bond acceptors (Lipinski definition) is 3. The first-order valence-electron chi connectivity index (χ1n) is 11.0. The first-order chi connectivity index (χ1) is 13.4. The monoisotopic (exact) mass is 422 g/mol. The van der Waals surface area contributed by atoms with Gasteiger partial charge in [0.15, 0.2) is 0 Å². The zero-order valence-electron chi connectivity index (χ0n) is 16.8. The van der Waals surface area contributed by atoms with Crippen LogP contribution >= 0.6 is 23.2 Å². The lowest BCUT2D eigenvalue weighted by atomic mass is 9.72. The SMILES string of the molecule is CN(CCc1ccc(Cl)c(Cl)c1)C1CCC2(O)C(CC3CN(CC4CC4)[C@H]32)C1. The van der Waals surface area contributed by atoms with E-state index in [1.54, 1.807) is 0 Å². The molecule has 1 saturated heterocycles. The van der Waals surface area contributed by atoms with Gasteiger partial charge in [-0.2, -0.15) is 0 Å². The Morgan fingerprint density at radius 1 is 1.18 bits per heavy atom. The van der Waals surface area contributed by atoms with Crippen LogP contribution in [0, 0.1) is 17.8 Å². The maximum Gasteiger partial charge on any atom is 0.0834 e. The fraction of sp³-hybridized carbons (Fsp3) is 0.739. The smallest absolute Gasteiger partial charge is 0.0834 e. The molecule has 5 rings (SSSR count). The highest BCUT2D eigenvalue weighted by atomic mass is 35.5. The van der Waals surface area contributed by atoms with E-state index < -0.39 is 5.60 Å². The van der Waals surface area contributed by atoms with Crippen LogP contribution in [0.1, 0.15) is 44.1 Å². The van der Waals surface area contributed by atoms with E-state index >= 15 is 0 Å². The highest BCUT2D eigenvalue weighted by Gasteiger charge is 2.62. The molecule has 28 heavy (non-hydrogen) atoms. The molecule has 1 N–H and O–H groups in total. The van der Waals surface area contributed by atoms with Gasteiger partial charge >= 0.3 is 0 Å². The van der Waals surface area contributed by atoms with E-state index in [1.807, 2.05) is 12.1 Å². The van der Waals surface area contributed by atoms with Crippen molar-refractivity contribution in [2.45, 2.75) is 62.6 Å². The number of hydrogen-bond donors (Lipinski definition) is 1. The van der Waals surface area contributed by atoms with Crippen molar-refractivity contribution in [1.29, 1.82) is 0 Å². The van der Waals surface area contributed by atoms with Gasteiger partial charge in [-0.15, -0.1) is 0 Å². The van der Waals surface area contributed by atoms with Gasteiger partial charge in [-0.3, -0.25) is 4.90 Å². The number of aliphatic hydroxyl groups is 1. The van der Waals surface area contributed by atoms with Crippen molar-refractivity contribution in [1.82, 2.24) is 9.80 Å². The van der Waals surface area contributed by atoms with Crippen LogP contribution in [0.5, 0.6) is 0 Å². The summed E-state index contributed by atoms with van der Waals surface area (Å²) < 4.78 is 0. The third-order valence-electron chi connectivity index (χ3n) is 8.10. The van der Waals surface area contributed by atoms with E-state index in [-0.39, 0.29) is 0 Å². The molecular formula is C23H32Cl2N2O. The number of likely N-dealkylation sites (N-methyl/N-ethyl adjacent to an activating group) is 1. The second-order valence-corrected chi connectivity index (χ2v) is 10.7. The summed E-state index contributed by atoms with van der Waals surface area (Å²) in [6.45, 7) is 3.50. The van der Waals surface area contributed by atoms with Crippen molar-refractivity contribution >= 4 is 23.2 Å². The van der Waals surface area contributed by atoms with E-state index in [1.165, 1.54) is 37.9 Å². The van der Waals surface area contributed by atoms with Crippen LogP contribution in [-0.4, -0.2) is 59.3 Å². The second-order valence-electron chi connectivity index (χ2n) is 9.93. The van der Waals surface area contributed by atoms with E-state index in [4.69, 9.17) is 23.2 Å². The molecular weight excluding hydrogens is 391 g/mol. The van der Waals surface area contributed by atoms with E-state index in [0.717, 1.165) is 44.1 Å². The third kappa shape index (κ3) is 3.52. The van der Waals surface area contributed by atoms with Gasteiger partial charge < -0.3 is 10.0 Å². The maximum absolute atomic E-state index is 11.6. The minimum Gasteiger partial charge on any atom is -0.388 e. The zero-order chi connectivity index (χ0) is 19.5. The average Bonchev–Trinajstić information content (AvgIpc) is 3.43. The van der Waals surface area contributed by atoms with Gasteiger partial charge in [0.05, 0.1) is 15.6 Å². The van der Waals surface area contributed by atoms with E-state index in [0.29, 0.717) is 28.0 Å². The van der Waals surface area contributed by atoms with Gasteiger partial charge in [-0.25, -0.2) is 0 Å². The lowest BCUT2D eigenvalue weighted by Gasteiger charge is -2.53. The topological polar surface area (TPSA) is 26.7 Å². The largest absolute Gasteiger partial charge is 0.388 e. The van der Waals surface area contributed by atoms with E-state index in [9.17, 15) is 5.11 Å². The van der Waals surface area contributed by atoms with Gasteiger partial charge in [0.1, 0.15) is 0 Å². The van der Waals surface area contributed by atoms with Crippen molar-refractivity contribution in [3.63, 3.8) is 0 Å². The van der Waals surface area contributed by atoms with Crippen LogP contribution in [0.3, 0.4) is 0 Å². The van der Waals surface area contributed by atoms with Gasteiger partial charge in [0.25, 0.3) is 0 Å². The Labute approximate surface area is 179 Å². The summed E-state index contributed by atoms with van der Waals surface area (Å²) in [5, 5.41) is 12.8. The highest BCUT2D eigenvalue weighted by Crippen LogP contribution is 2.55. The Morgan fingerprint density at radius 2 is 2.00 bits per heavy atom. The Morgan fingerprint density at radius 3 is 2.75 bits per heavy atom. The van der Waals surface area contributed by atoms with Gasteiger partial charge in [-0.05, 0) is 87.4 Å². The number of rotatable bonds is 6. The Kier molecular flexibility index (Phi) is 5.21. The van der Waals surface area contributed by atoms with Crippen molar-refractivity contribution in [3.8, 4) is 0 Å². The molecule has 3 saturated carbocycles. The van der Waals surface area contributed by atoms with E-state index in [2.05, 4.69) is 22.9 Å².